The lowest BCUT2D eigenvalue weighted by Gasteiger charge is -2.03. The Kier molecular flexibility index (Phi) is 5.19. The van der Waals surface area contributed by atoms with Gasteiger partial charge in [0.25, 0.3) is 0 Å². The minimum Gasteiger partial charge on any atom is -0.330 e. The monoisotopic (exact) mass is 223 g/mol. The average Bonchev–Trinajstić information content (AvgIpc) is 2.66. The molecule has 1 rings (SSSR count). The lowest BCUT2D eigenvalue weighted by molar-refractivity contribution is -0.118. The second kappa shape index (κ2) is 6.43. The van der Waals surface area contributed by atoms with Crippen LogP contribution in [-0.2, 0) is 11.2 Å². The molecule has 0 saturated heterocycles. The zero-order chi connectivity index (χ0) is 12.0. The van der Waals surface area contributed by atoms with Crippen LogP contribution in [0.4, 0.5) is 0 Å². The van der Waals surface area contributed by atoms with Crippen molar-refractivity contribution in [2.75, 3.05) is 6.54 Å². The molecule has 0 aliphatic rings. The van der Waals surface area contributed by atoms with Crippen LogP contribution in [0.15, 0.2) is 12.3 Å². The maximum absolute atomic E-state index is 11.6. The molecular formula is C12H21N3O. The molecule has 1 heterocycles. The molecule has 1 aromatic rings. The molecule has 16 heavy (non-hydrogen) atoms. The second-order valence-corrected chi connectivity index (χ2v) is 4.34. The number of nitrogens with two attached hydrogens (primary N) is 1. The number of hydrogen-bond acceptors (Lipinski definition) is 3. The smallest absolute Gasteiger partial charge is 0.138 e. The van der Waals surface area contributed by atoms with E-state index in [-0.39, 0.29) is 5.78 Å². The van der Waals surface area contributed by atoms with Gasteiger partial charge in [-0.1, -0.05) is 0 Å². The van der Waals surface area contributed by atoms with Crippen molar-refractivity contribution in [3.8, 4) is 0 Å². The normalized spacial score (nSPS) is 11.0. The molecule has 0 amide bonds. The zero-order valence-electron chi connectivity index (χ0n) is 10.1. The number of ketones is 1. The van der Waals surface area contributed by atoms with Crippen LogP contribution in [0.25, 0.3) is 0 Å². The van der Waals surface area contributed by atoms with Crippen LogP contribution in [-0.4, -0.2) is 22.1 Å². The number of hydrogen-bond donors (Lipinski definition) is 1. The van der Waals surface area contributed by atoms with Crippen molar-refractivity contribution in [1.82, 2.24) is 9.78 Å². The van der Waals surface area contributed by atoms with Crippen molar-refractivity contribution in [2.24, 2.45) is 5.73 Å². The predicted octanol–water partition coefficient (Wildman–Crippen LogP) is 1.70. The van der Waals surface area contributed by atoms with Gasteiger partial charge in [0, 0.05) is 18.7 Å². The molecule has 0 unspecified atom stereocenters. The highest BCUT2D eigenvalue weighted by molar-refractivity contribution is 5.80. The number of unbranched alkanes of at least 4 members (excludes halogenated alkanes) is 1. The van der Waals surface area contributed by atoms with Gasteiger partial charge in [-0.25, -0.2) is 0 Å². The summed E-state index contributed by atoms with van der Waals surface area (Å²) in [6.45, 7) is 4.80. The fourth-order valence-corrected chi connectivity index (χ4v) is 1.52. The van der Waals surface area contributed by atoms with Crippen molar-refractivity contribution in [3.63, 3.8) is 0 Å². The fourth-order valence-electron chi connectivity index (χ4n) is 1.52. The van der Waals surface area contributed by atoms with Crippen molar-refractivity contribution >= 4 is 5.78 Å². The number of rotatable bonds is 7. The molecule has 0 aromatic carbocycles. The van der Waals surface area contributed by atoms with Crippen LogP contribution in [0.1, 0.15) is 44.8 Å². The molecule has 2 N–H and O–H groups in total. The molecule has 0 aliphatic carbocycles. The summed E-state index contributed by atoms with van der Waals surface area (Å²) < 4.78 is 1.88. The van der Waals surface area contributed by atoms with Crippen molar-refractivity contribution in [2.45, 2.75) is 45.6 Å². The molecular weight excluding hydrogens is 202 g/mol. The van der Waals surface area contributed by atoms with Gasteiger partial charge in [0.2, 0.25) is 0 Å². The van der Waals surface area contributed by atoms with E-state index in [4.69, 9.17) is 5.73 Å². The summed E-state index contributed by atoms with van der Waals surface area (Å²) in [6.07, 6.45) is 4.80. The Morgan fingerprint density at radius 2 is 2.25 bits per heavy atom. The van der Waals surface area contributed by atoms with Gasteiger partial charge in [-0.2, -0.15) is 5.10 Å². The Morgan fingerprint density at radius 3 is 2.81 bits per heavy atom. The van der Waals surface area contributed by atoms with E-state index in [2.05, 4.69) is 18.9 Å². The van der Waals surface area contributed by atoms with E-state index >= 15 is 0 Å². The van der Waals surface area contributed by atoms with Gasteiger partial charge < -0.3 is 5.73 Å². The highest BCUT2D eigenvalue weighted by atomic mass is 16.1. The first-order valence-corrected chi connectivity index (χ1v) is 5.89. The van der Waals surface area contributed by atoms with Gasteiger partial charge in [0.1, 0.15) is 5.78 Å². The van der Waals surface area contributed by atoms with E-state index in [1.807, 2.05) is 16.9 Å². The molecule has 1 aromatic heterocycles. The van der Waals surface area contributed by atoms with Gasteiger partial charge in [0.05, 0.1) is 12.1 Å². The molecule has 0 radical (unpaired) electrons. The van der Waals surface area contributed by atoms with Crippen LogP contribution in [0.2, 0.25) is 0 Å². The fraction of sp³-hybridized carbons (Fsp3) is 0.667. The lowest BCUT2D eigenvalue weighted by atomic mass is 10.1. The van der Waals surface area contributed by atoms with Crippen LogP contribution in [0.5, 0.6) is 0 Å². The first kappa shape index (κ1) is 12.9. The summed E-state index contributed by atoms with van der Waals surface area (Å²) in [4.78, 5) is 11.6. The summed E-state index contributed by atoms with van der Waals surface area (Å²) in [7, 11) is 0. The van der Waals surface area contributed by atoms with Gasteiger partial charge in [-0.15, -0.1) is 0 Å². The minimum atomic E-state index is 0.252. The zero-order valence-corrected chi connectivity index (χ0v) is 10.1. The third-order valence-corrected chi connectivity index (χ3v) is 2.48. The van der Waals surface area contributed by atoms with E-state index in [1.165, 1.54) is 0 Å². The Labute approximate surface area is 96.8 Å². The highest BCUT2D eigenvalue weighted by Gasteiger charge is 2.07. The van der Waals surface area contributed by atoms with Crippen LogP contribution in [0, 0.1) is 0 Å². The molecule has 0 spiro atoms. The van der Waals surface area contributed by atoms with Crippen molar-refractivity contribution < 1.29 is 4.79 Å². The highest BCUT2D eigenvalue weighted by Crippen LogP contribution is 2.06. The Morgan fingerprint density at radius 1 is 1.50 bits per heavy atom. The van der Waals surface area contributed by atoms with Gasteiger partial charge in [-0.3, -0.25) is 9.48 Å². The quantitative estimate of drug-likeness (QED) is 0.716. The third-order valence-electron chi connectivity index (χ3n) is 2.48. The molecule has 4 nitrogen and oxygen atoms in total. The first-order valence-electron chi connectivity index (χ1n) is 5.89. The van der Waals surface area contributed by atoms with Crippen molar-refractivity contribution in [3.05, 3.63) is 18.0 Å². The Hall–Kier alpha value is -1.16. The number of Topliss-reactive ketones (excluding diaryl/α,β-unsaturated/α-hetero) is 1. The van der Waals surface area contributed by atoms with E-state index in [0.717, 1.165) is 18.5 Å². The van der Waals surface area contributed by atoms with Crippen LogP contribution in [0.3, 0.4) is 0 Å². The van der Waals surface area contributed by atoms with Gasteiger partial charge >= 0.3 is 0 Å². The summed E-state index contributed by atoms with van der Waals surface area (Å²) in [5.41, 5.74) is 6.24. The molecule has 90 valence electrons. The minimum absolute atomic E-state index is 0.252. The maximum Gasteiger partial charge on any atom is 0.138 e. The third kappa shape index (κ3) is 4.14. The summed E-state index contributed by atoms with van der Waals surface area (Å²) in [5, 5.41) is 4.35. The van der Waals surface area contributed by atoms with Gasteiger partial charge in [0.15, 0.2) is 0 Å². The maximum atomic E-state index is 11.6. The summed E-state index contributed by atoms with van der Waals surface area (Å²) >= 11 is 0. The molecule has 0 saturated carbocycles. The van der Waals surface area contributed by atoms with E-state index in [9.17, 15) is 4.79 Å². The largest absolute Gasteiger partial charge is 0.330 e. The number of carbonyl (C=O) groups is 1. The molecule has 4 heteroatoms. The van der Waals surface area contributed by atoms with E-state index in [0.29, 0.717) is 25.4 Å². The molecule has 0 bridgehead atoms. The Balaban J connectivity index is 2.37. The number of nitrogens with zero attached hydrogens (tertiary/aromatic N) is 2. The second-order valence-electron chi connectivity index (χ2n) is 4.34. The molecule has 0 aliphatic heterocycles. The summed E-state index contributed by atoms with van der Waals surface area (Å²) in [6, 6.07) is 2.27. The van der Waals surface area contributed by atoms with Crippen LogP contribution >= 0.6 is 0 Å². The first-order chi connectivity index (χ1) is 7.63. The van der Waals surface area contributed by atoms with Crippen molar-refractivity contribution in [1.29, 1.82) is 0 Å². The number of aromatic nitrogens is 2. The van der Waals surface area contributed by atoms with E-state index in [1.54, 1.807) is 0 Å². The van der Waals surface area contributed by atoms with Crippen LogP contribution < -0.4 is 5.73 Å². The molecule has 0 atom stereocenters. The average molecular weight is 223 g/mol. The lowest BCUT2D eigenvalue weighted by Crippen LogP contribution is -2.07. The van der Waals surface area contributed by atoms with E-state index < -0.39 is 0 Å². The Bertz CT molecular complexity index is 331. The standard InChI is InChI=1S/C12H21N3O/c1-10(2)15-8-6-11(14-15)9-12(16)5-3-4-7-13/h6,8,10H,3-5,7,9,13H2,1-2H3. The van der Waals surface area contributed by atoms with Gasteiger partial charge in [-0.05, 0) is 39.3 Å². The topological polar surface area (TPSA) is 60.9 Å². The number of carbonyl (C=O) groups excluding carboxylic acids is 1. The predicted molar refractivity (Wildman–Crippen MR) is 64.2 cm³/mol. The SMILES string of the molecule is CC(C)n1ccc(CC(=O)CCCCN)n1. The summed E-state index contributed by atoms with van der Waals surface area (Å²) in [5.74, 6) is 0.252. The molecule has 0 fully saturated rings.